The van der Waals surface area contributed by atoms with Crippen molar-refractivity contribution < 1.29 is 31.5 Å². The summed E-state index contributed by atoms with van der Waals surface area (Å²) >= 11 is 0. The minimum atomic E-state index is -4.48. The molecule has 0 spiro atoms. The van der Waals surface area contributed by atoms with Gasteiger partial charge < -0.3 is 10.4 Å². The van der Waals surface area contributed by atoms with Crippen molar-refractivity contribution in [2.75, 3.05) is 16.6 Å². The van der Waals surface area contributed by atoms with Crippen LogP contribution >= 0.6 is 0 Å². The zero-order chi connectivity index (χ0) is 20.2. The van der Waals surface area contributed by atoms with Crippen LogP contribution in [0.2, 0.25) is 0 Å². The third-order valence-electron chi connectivity index (χ3n) is 3.64. The number of anilines is 2. The molecule has 0 bridgehead atoms. The summed E-state index contributed by atoms with van der Waals surface area (Å²) in [5.41, 5.74) is 0.0413. The monoisotopic (exact) mass is 402 g/mol. The first kappa shape index (κ1) is 20.6. The fraction of sp³-hybridized carbons (Fsp3) is 0.235. The number of rotatable bonds is 7. The molecular weight excluding hydrogens is 385 g/mol. The Labute approximate surface area is 154 Å². The van der Waals surface area contributed by atoms with Crippen molar-refractivity contribution in [3.63, 3.8) is 0 Å². The van der Waals surface area contributed by atoms with E-state index in [-0.39, 0.29) is 21.8 Å². The van der Waals surface area contributed by atoms with Crippen LogP contribution in [0.5, 0.6) is 0 Å². The molecule has 0 heterocycles. The van der Waals surface area contributed by atoms with E-state index in [0.29, 0.717) is 12.0 Å². The summed E-state index contributed by atoms with van der Waals surface area (Å²) in [7, 11) is -4.22. The number of carboxylic acid groups (broad SMARTS) is 1. The van der Waals surface area contributed by atoms with Crippen LogP contribution in [0.4, 0.5) is 24.5 Å². The van der Waals surface area contributed by atoms with Gasteiger partial charge in [0.05, 0.1) is 21.8 Å². The first-order valence-electron chi connectivity index (χ1n) is 7.82. The smallest absolute Gasteiger partial charge is 0.405 e. The molecule has 0 unspecified atom stereocenters. The summed E-state index contributed by atoms with van der Waals surface area (Å²) < 4.78 is 65.1. The maximum Gasteiger partial charge on any atom is 0.405 e. The summed E-state index contributed by atoms with van der Waals surface area (Å²) in [6.07, 6.45) is -4.15. The molecule has 2 aromatic carbocycles. The van der Waals surface area contributed by atoms with Gasteiger partial charge in [-0.1, -0.05) is 25.1 Å². The predicted molar refractivity (Wildman–Crippen MR) is 94.6 cm³/mol. The number of alkyl halides is 3. The molecular formula is C17H17F3N2O4S. The number of hydrogen-bond donors (Lipinski definition) is 3. The lowest BCUT2D eigenvalue weighted by atomic mass is 10.1. The SMILES string of the molecule is CCc1ccc(C(=O)O)cc1S(=O)(=O)Nc1ccccc1NCC(F)(F)F. The predicted octanol–water partition coefficient (Wildman–Crippen LogP) is 3.72. The van der Waals surface area contributed by atoms with Crippen molar-refractivity contribution in [3.05, 3.63) is 53.6 Å². The van der Waals surface area contributed by atoms with E-state index in [0.717, 1.165) is 6.07 Å². The van der Waals surface area contributed by atoms with Gasteiger partial charge in [-0.25, -0.2) is 13.2 Å². The second-order valence-corrected chi connectivity index (χ2v) is 7.25. The van der Waals surface area contributed by atoms with Crippen molar-refractivity contribution >= 4 is 27.4 Å². The first-order chi connectivity index (χ1) is 12.5. The highest BCUT2D eigenvalue weighted by atomic mass is 32.2. The van der Waals surface area contributed by atoms with Gasteiger partial charge in [-0.15, -0.1) is 0 Å². The summed E-state index contributed by atoms with van der Waals surface area (Å²) in [4.78, 5) is 10.9. The Bertz CT molecular complexity index is 943. The minimum absolute atomic E-state index is 0.0502. The van der Waals surface area contributed by atoms with Crippen molar-refractivity contribution in [1.29, 1.82) is 0 Å². The lowest BCUT2D eigenvalue weighted by Gasteiger charge is -2.16. The molecule has 0 saturated heterocycles. The van der Waals surface area contributed by atoms with E-state index in [1.807, 2.05) is 0 Å². The van der Waals surface area contributed by atoms with Crippen molar-refractivity contribution in [3.8, 4) is 0 Å². The number of aryl methyl sites for hydroxylation is 1. The van der Waals surface area contributed by atoms with Crippen LogP contribution in [0.3, 0.4) is 0 Å². The number of para-hydroxylation sites is 2. The molecule has 2 aromatic rings. The molecule has 6 nitrogen and oxygen atoms in total. The van der Waals surface area contributed by atoms with Gasteiger partial charge in [0.25, 0.3) is 10.0 Å². The highest BCUT2D eigenvalue weighted by Gasteiger charge is 2.27. The van der Waals surface area contributed by atoms with Gasteiger partial charge in [0.2, 0.25) is 0 Å². The number of hydrogen-bond acceptors (Lipinski definition) is 4. The molecule has 0 atom stereocenters. The summed E-state index contributed by atoms with van der Waals surface area (Å²) in [6, 6.07) is 9.24. The molecule has 0 aliphatic rings. The van der Waals surface area contributed by atoms with E-state index in [2.05, 4.69) is 10.0 Å². The third-order valence-corrected chi connectivity index (χ3v) is 5.08. The molecule has 10 heteroatoms. The zero-order valence-electron chi connectivity index (χ0n) is 14.2. The van der Waals surface area contributed by atoms with Gasteiger partial charge in [-0.3, -0.25) is 4.72 Å². The second kappa shape index (κ2) is 7.87. The minimum Gasteiger partial charge on any atom is -0.478 e. The van der Waals surface area contributed by atoms with Crippen LogP contribution in [0.25, 0.3) is 0 Å². The molecule has 0 saturated carbocycles. The second-order valence-electron chi connectivity index (χ2n) is 5.60. The Hall–Kier alpha value is -2.75. The maximum absolute atomic E-state index is 12.8. The standard InChI is InChI=1S/C17H17F3N2O4S/c1-2-11-7-8-12(16(23)24)9-15(11)27(25,26)22-14-6-4-3-5-13(14)21-10-17(18,19)20/h3-9,21-22H,2,10H2,1H3,(H,23,24). The Morgan fingerprint density at radius 2 is 1.74 bits per heavy atom. The normalized spacial score (nSPS) is 11.9. The van der Waals surface area contributed by atoms with Gasteiger partial charge in [0, 0.05) is 0 Å². The largest absolute Gasteiger partial charge is 0.478 e. The molecule has 0 fully saturated rings. The lowest BCUT2D eigenvalue weighted by Crippen LogP contribution is -2.22. The Balaban J connectivity index is 2.40. The summed E-state index contributed by atoms with van der Waals surface area (Å²) in [5, 5.41) is 11.2. The molecule has 146 valence electrons. The number of carbonyl (C=O) groups is 1. The molecule has 0 amide bonds. The van der Waals surface area contributed by atoms with Gasteiger partial charge >= 0.3 is 12.1 Å². The van der Waals surface area contributed by atoms with Crippen LogP contribution in [-0.2, 0) is 16.4 Å². The van der Waals surface area contributed by atoms with Crippen LogP contribution < -0.4 is 10.0 Å². The van der Waals surface area contributed by atoms with E-state index in [1.165, 1.54) is 36.4 Å². The van der Waals surface area contributed by atoms with Gasteiger partial charge in [0.15, 0.2) is 0 Å². The molecule has 0 aliphatic carbocycles. The Kier molecular flexibility index (Phi) is 5.99. The summed E-state index contributed by atoms with van der Waals surface area (Å²) in [6.45, 7) is 0.369. The van der Waals surface area contributed by atoms with Crippen molar-refractivity contribution in [2.24, 2.45) is 0 Å². The van der Waals surface area contributed by atoms with Crippen molar-refractivity contribution in [2.45, 2.75) is 24.4 Å². The van der Waals surface area contributed by atoms with Gasteiger partial charge in [-0.2, -0.15) is 13.2 Å². The highest BCUT2D eigenvalue weighted by Crippen LogP contribution is 2.28. The Morgan fingerprint density at radius 1 is 1.11 bits per heavy atom. The van der Waals surface area contributed by atoms with E-state index < -0.39 is 28.7 Å². The molecule has 0 aliphatic heterocycles. The van der Waals surface area contributed by atoms with Crippen LogP contribution in [0.1, 0.15) is 22.8 Å². The van der Waals surface area contributed by atoms with Crippen LogP contribution in [-0.4, -0.2) is 32.2 Å². The Morgan fingerprint density at radius 3 is 2.30 bits per heavy atom. The molecule has 0 aromatic heterocycles. The average Bonchev–Trinajstić information content (AvgIpc) is 2.59. The number of nitrogens with one attached hydrogen (secondary N) is 2. The number of aromatic carboxylic acids is 1. The summed E-state index contributed by atoms with van der Waals surface area (Å²) in [5.74, 6) is -1.29. The fourth-order valence-corrected chi connectivity index (χ4v) is 3.77. The molecule has 0 radical (unpaired) electrons. The van der Waals surface area contributed by atoms with E-state index in [4.69, 9.17) is 5.11 Å². The number of benzene rings is 2. The van der Waals surface area contributed by atoms with E-state index in [1.54, 1.807) is 6.92 Å². The van der Waals surface area contributed by atoms with Crippen LogP contribution in [0.15, 0.2) is 47.4 Å². The average molecular weight is 402 g/mol. The highest BCUT2D eigenvalue weighted by molar-refractivity contribution is 7.92. The number of carboxylic acids is 1. The number of sulfonamides is 1. The van der Waals surface area contributed by atoms with Crippen molar-refractivity contribution in [1.82, 2.24) is 0 Å². The lowest BCUT2D eigenvalue weighted by molar-refractivity contribution is -0.115. The topological polar surface area (TPSA) is 95.5 Å². The van der Waals surface area contributed by atoms with Crippen LogP contribution in [0, 0.1) is 0 Å². The van der Waals surface area contributed by atoms with Gasteiger partial charge in [0.1, 0.15) is 6.54 Å². The number of halogens is 3. The first-order valence-corrected chi connectivity index (χ1v) is 9.30. The molecule has 3 N–H and O–H groups in total. The van der Waals surface area contributed by atoms with Gasteiger partial charge in [-0.05, 0) is 36.2 Å². The molecule has 27 heavy (non-hydrogen) atoms. The van der Waals surface area contributed by atoms with E-state index >= 15 is 0 Å². The maximum atomic E-state index is 12.8. The zero-order valence-corrected chi connectivity index (χ0v) is 15.0. The third kappa shape index (κ3) is 5.36. The fourth-order valence-electron chi connectivity index (χ4n) is 2.35. The molecule has 2 rings (SSSR count). The van der Waals surface area contributed by atoms with E-state index in [9.17, 15) is 26.4 Å². The quantitative estimate of drug-likeness (QED) is 0.656.